The lowest BCUT2D eigenvalue weighted by atomic mass is 10.1. The van der Waals surface area contributed by atoms with Gasteiger partial charge in [0.15, 0.2) is 0 Å². The molecule has 1 fully saturated rings. The number of aromatic nitrogens is 2. The van der Waals surface area contributed by atoms with Crippen LogP contribution in [-0.4, -0.2) is 80.1 Å². The molecule has 12 heteroatoms. The number of halogens is 1. The summed E-state index contributed by atoms with van der Waals surface area (Å²) in [6, 6.07) is 9.38. The van der Waals surface area contributed by atoms with Crippen LogP contribution in [0, 0.1) is 6.92 Å². The molecule has 0 bridgehead atoms. The Morgan fingerprint density at radius 3 is 2.79 bits per heavy atom. The van der Waals surface area contributed by atoms with Crippen molar-refractivity contribution in [2.45, 2.75) is 19.3 Å². The summed E-state index contributed by atoms with van der Waals surface area (Å²) < 4.78 is 24.1. The second-order valence-corrected chi connectivity index (χ2v) is 9.67. The highest BCUT2D eigenvalue weighted by Gasteiger charge is 2.26. The second kappa shape index (κ2) is 11.3. The Bertz CT molecular complexity index is 1400. The van der Waals surface area contributed by atoms with Crippen LogP contribution in [0.4, 0.5) is 32.8 Å². The Morgan fingerprint density at radius 1 is 1.23 bits per heavy atom. The number of likely N-dealkylation sites (N-methyl/N-ethyl adjacent to an activating group) is 1. The van der Waals surface area contributed by atoms with Crippen LogP contribution in [0.5, 0.6) is 5.88 Å². The van der Waals surface area contributed by atoms with E-state index >= 15 is 0 Å². The van der Waals surface area contributed by atoms with E-state index in [-0.39, 0.29) is 24.0 Å². The van der Waals surface area contributed by atoms with Crippen molar-refractivity contribution < 1.29 is 18.7 Å². The number of anilines is 5. The molecular formula is C27H32FN7O4. The number of amides is 1. The molecule has 2 unspecified atom stereocenters. The molecule has 2 aliphatic rings. The number of rotatable bonds is 7. The molecule has 2 atom stereocenters. The van der Waals surface area contributed by atoms with E-state index in [0.717, 1.165) is 25.3 Å². The zero-order valence-corrected chi connectivity index (χ0v) is 22.1. The number of benzene rings is 1. The van der Waals surface area contributed by atoms with Gasteiger partial charge in [0.2, 0.25) is 5.88 Å². The molecule has 0 saturated carbocycles. The van der Waals surface area contributed by atoms with E-state index in [2.05, 4.69) is 42.8 Å². The summed E-state index contributed by atoms with van der Waals surface area (Å²) in [7, 11) is 3.80. The maximum Gasteiger partial charge on any atom is 0.263 e. The van der Waals surface area contributed by atoms with Crippen LogP contribution in [0.15, 0.2) is 47.5 Å². The van der Waals surface area contributed by atoms with Crippen molar-refractivity contribution in [2.24, 2.45) is 0 Å². The van der Waals surface area contributed by atoms with Gasteiger partial charge in [0.25, 0.3) is 17.8 Å². The van der Waals surface area contributed by atoms with Crippen molar-refractivity contribution in [3.05, 3.63) is 64.2 Å². The number of nitrogens with one attached hydrogen (secondary N) is 4. The SMILES string of the molecule is COCC1CN(C)CCN1c1ccc(NC(=O)c2c(Nc3cnc4c(c3C)NCC(F)O4)cc[nH]c2=O)cc1. The number of aromatic amines is 1. The first-order valence-corrected chi connectivity index (χ1v) is 12.7. The topological polar surface area (TPSA) is 124 Å². The molecule has 4 heterocycles. The standard InChI is InChI=1S/C27H32FN7O4/c1-16-21(12-31-27-24(16)30-13-22(28)39-27)33-20-8-9-29-25(36)23(20)26(37)32-17-4-6-18(7-5-17)35-11-10-34(2)14-19(35)15-38-3/h4-9,12,19,22,30H,10-11,13-15H2,1-3H3,(H,32,37)(H2,29,33,36). The van der Waals surface area contributed by atoms with Crippen LogP contribution in [0.2, 0.25) is 0 Å². The maximum absolute atomic E-state index is 13.6. The molecule has 1 aromatic carbocycles. The molecule has 2 aliphatic heterocycles. The fourth-order valence-electron chi connectivity index (χ4n) is 4.92. The minimum Gasteiger partial charge on any atom is -0.440 e. The Balaban J connectivity index is 1.34. The van der Waals surface area contributed by atoms with Crippen molar-refractivity contribution in [1.82, 2.24) is 14.9 Å². The maximum atomic E-state index is 13.6. The van der Waals surface area contributed by atoms with Gasteiger partial charge in [-0.2, -0.15) is 4.39 Å². The van der Waals surface area contributed by atoms with Crippen LogP contribution in [0.3, 0.4) is 0 Å². The summed E-state index contributed by atoms with van der Waals surface area (Å²) in [5.41, 5.74) is 3.09. The highest BCUT2D eigenvalue weighted by molar-refractivity contribution is 6.08. The largest absolute Gasteiger partial charge is 0.440 e. The van der Waals surface area contributed by atoms with Crippen LogP contribution < -0.4 is 31.1 Å². The fourth-order valence-corrected chi connectivity index (χ4v) is 4.92. The first-order valence-electron chi connectivity index (χ1n) is 12.7. The number of alkyl halides is 1. The molecule has 0 radical (unpaired) electrons. The average Bonchev–Trinajstić information content (AvgIpc) is 2.91. The summed E-state index contributed by atoms with van der Waals surface area (Å²) in [5.74, 6) is -0.400. The molecule has 11 nitrogen and oxygen atoms in total. The smallest absolute Gasteiger partial charge is 0.263 e. The third kappa shape index (κ3) is 5.66. The van der Waals surface area contributed by atoms with Crippen molar-refractivity contribution in [1.29, 1.82) is 0 Å². The van der Waals surface area contributed by atoms with Gasteiger partial charge in [0.1, 0.15) is 11.3 Å². The van der Waals surface area contributed by atoms with E-state index in [1.807, 2.05) is 31.2 Å². The summed E-state index contributed by atoms with van der Waals surface area (Å²) in [6.45, 7) is 5.15. The molecule has 3 aromatic rings. The number of carbonyl (C=O) groups excluding carboxylic acids is 1. The van der Waals surface area contributed by atoms with Crippen molar-refractivity contribution in [2.75, 3.05) is 67.8 Å². The van der Waals surface area contributed by atoms with Gasteiger partial charge in [-0.3, -0.25) is 9.59 Å². The molecule has 1 saturated heterocycles. The van der Waals surface area contributed by atoms with Gasteiger partial charge in [0.05, 0.1) is 36.8 Å². The number of nitrogens with zero attached hydrogens (tertiary/aromatic N) is 3. The highest BCUT2D eigenvalue weighted by atomic mass is 19.1. The number of methoxy groups -OCH3 is 1. The van der Waals surface area contributed by atoms with Gasteiger partial charge in [-0.05, 0) is 44.3 Å². The summed E-state index contributed by atoms with van der Waals surface area (Å²) in [4.78, 5) is 37.3. The second-order valence-electron chi connectivity index (χ2n) is 9.67. The third-order valence-electron chi connectivity index (χ3n) is 6.94. The predicted octanol–water partition coefficient (Wildman–Crippen LogP) is 2.94. The number of hydrogen-bond acceptors (Lipinski definition) is 9. The number of piperazine rings is 1. The van der Waals surface area contributed by atoms with Crippen molar-refractivity contribution in [3.8, 4) is 5.88 Å². The zero-order chi connectivity index (χ0) is 27.5. The van der Waals surface area contributed by atoms with Gasteiger partial charge < -0.3 is 40.2 Å². The van der Waals surface area contributed by atoms with E-state index < -0.39 is 17.8 Å². The lowest BCUT2D eigenvalue weighted by molar-refractivity contribution is 0.0688. The van der Waals surface area contributed by atoms with E-state index in [0.29, 0.717) is 34.9 Å². The first kappa shape index (κ1) is 26.4. The fraction of sp³-hybridized carbons (Fsp3) is 0.370. The quantitative estimate of drug-likeness (QED) is 0.360. The summed E-state index contributed by atoms with van der Waals surface area (Å²) in [5, 5.41) is 8.92. The van der Waals surface area contributed by atoms with Crippen molar-refractivity contribution >= 4 is 34.3 Å². The van der Waals surface area contributed by atoms with E-state index in [1.54, 1.807) is 13.2 Å². The molecule has 39 heavy (non-hydrogen) atoms. The monoisotopic (exact) mass is 537 g/mol. The van der Waals surface area contributed by atoms with E-state index in [9.17, 15) is 14.0 Å². The van der Waals surface area contributed by atoms with Gasteiger partial charge >= 0.3 is 0 Å². The number of ether oxygens (including phenoxy) is 2. The Kier molecular flexibility index (Phi) is 7.66. The number of H-pyrrole nitrogens is 1. The molecule has 206 valence electrons. The van der Waals surface area contributed by atoms with Crippen LogP contribution in [-0.2, 0) is 4.74 Å². The van der Waals surface area contributed by atoms with E-state index in [1.165, 1.54) is 12.4 Å². The minimum absolute atomic E-state index is 0.00172. The van der Waals surface area contributed by atoms with Crippen molar-refractivity contribution in [3.63, 3.8) is 0 Å². The molecule has 4 N–H and O–H groups in total. The van der Waals surface area contributed by atoms with Gasteiger partial charge in [-0.25, -0.2) is 4.98 Å². The molecule has 2 aromatic heterocycles. The molecule has 0 spiro atoms. The average molecular weight is 538 g/mol. The summed E-state index contributed by atoms with van der Waals surface area (Å²) >= 11 is 0. The van der Waals surface area contributed by atoms with Gasteiger partial charge in [0, 0.05) is 49.9 Å². The number of pyridine rings is 2. The number of fused-ring (bicyclic) bond motifs is 1. The Labute approximate surface area is 225 Å². The Morgan fingerprint density at radius 2 is 2.03 bits per heavy atom. The molecular weight excluding hydrogens is 505 g/mol. The number of carbonyl (C=O) groups is 1. The van der Waals surface area contributed by atoms with Crippen LogP contribution in [0.1, 0.15) is 15.9 Å². The molecule has 0 aliphatic carbocycles. The lowest BCUT2D eigenvalue weighted by Crippen LogP contribution is -2.53. The van der Waals surface area contributed by atoms with Crippen LogP contribution >= 0.6 is 0 Å². The molecule has 1 amide bonds. The van der Waals surface area contributed by atoms with Gasteiger partial charge in [-0.15, -0.1) is 0 Å². The zero-order valence-electron chi connectivity index (χ0n) is 22.1. The first-order chi connectivity index (χ1) is 18.8. The highest BCUT2D eigenvalue weighted by Crippen LogP contribution is 2.35. The minimum atomic E-state index is -1.48. The summed E-state index contributed by atoms with van der Waals surface area (Å²) in [6.07, 6.45) is 1.46. The normalized spacial score (nSPS) is 19.0. The predicted molar refractivity (Wildman–Crippen MR) is 148 cm³/mol. The van der Waals surface area contributed by atoms with Gasteiger partial charge in [-0.1, -0.05) is 0 Å². The molecule has 5 rings (SSSR count). The lowest BCUT2D eigenvalue weighted by Gasteiger charge is -2.41. The van der Waals surface area contributed by atoms with Crippen LogP contribution in [0.25, 0.3) is 0 Å². The Hall–Kier alpha value is -4.16. The van der Waals surface area contributed by atoms with E-state index in [4.69, 9.17) is 9.47 Å². The number of hydrogen-bond donors (Lipinski definition) is 4. The third-order valence-corrected chi connectivity index (χ3v) is 6.94.